The van der Waals surface area contributed by atoms with Crippen molar-refractivity contribution in [1.29, 1.82) is 0 Å². The van der Waals surface area contributed by atoms with E-state index in [0.717, 1.165) is 37.8 Å². The lowest BCUT2D eigenvalue weighted by Crippen LogP contribution is -2.46. The van der Waals surface area contributed by atoms with Gasteiger partial charge in [0.15, 0.2) is 0 Å². The van der Waals surface area contributed by atoms with Crippen molar-refractivity contribution in [2.45, 2.75) is 57.3 Å². The number of alkyl halides is 3. The number of amides is 1. The van der Waals surface area contributed by atoms with E-state index in [2.05, 4.69) is 4.98 Å². The molecule has 1 aromatic heterocycles. The fraction of sp³-hybridized carbons (Fsp3) is 0.588. The molecule has 8 heteroatoms. The molecule has 3 rings (SSSR count). The predicted octanol–water partition coefficient (Wildman–Crippen LogP) is 3.27. The number of likely N-dealkylation sites (tertiary alicyclic amines) is 1. The first kappa shape index (κ1) is 17.7. The van der Waals surface area contributed by atoms with E-state index >= 15 is 0 Å². The molecule has 2 fully saturated rings. The van der Waals surface area contributed by atoms with Crippen LogP contribution in [-0.2, 0) is 11.0 Å². The third kappa shape index (κ3) is 3.21. The van der Waals surface area contributed by atoms with E-state index in [1.165, 1.54) is 11.8 Å². The highest BCUT2D eigenvalue weighted by Crippen LogP contribution is 2.41. The van der Waals surface area contributed by atoms with E-state index in [0.29, 0.717) is 6.42 Å². The summed E-state index contributed by atoms with van der Waals surface area (Å²) in [6, 6.07) is 0.777. The van der Waals surface area contributed by atoms with Crippen molar-refractivity contribution in [3.05, 3.63) is 29.1 Å². The first-order valence-electron chi connectivity index (χ1n) is 8.30. The maximum absolute atomic E-state index is 12.9. The molecule has 136 valence electrons. The van der Waals surface area contributed by atoms with Gasteiger partial charge in [0, 0.05) is 6.04 Å². The lowest BCUT2D eigenvalue weighted by Gasteiger charge is -2.33. The molecular formula is C17H19F3N2O3. The number of aryl methyl sites for hydroxylation is 1. The quantitative estimate of drug-likeness (QED) is 0.883. The first-order chi connectivity index (χ1) is 11.7. The van der Waals surface area contributed by atoms with Gasteiger partial charge in [-0.1, -0.05) is 12.8 Å². The van der Waals surface area contributed by atoms with Crippen LogP contribution in [0.3, 0.4) is 0 Å². The number of hydrogen-bond acceptors (Lipinski definition) is 3. The fourth-order valence-corrected chi connectivity index (χ4v) is 4.06. The van der Waals surface area contributed by atoms with Gasteiger partial charge in [-0.3, -0.25) is 4.79 Å². The van der Waals surface area contributed by atoms with Crippen molar-refractivity contribution in [3.8, 4) is 0 Å². The Balaban J connectivity index is 1.94. The summed E-state index contributed by atoms with van der Waals surface area (Å²) in [5.41, 5.74) is -1.07. The Morgan fingerprint density at radius 2 is 1.92 bits per heavy atom. The first-order valence-corrected chi connectivity index (χ1v) is 8.30. The van der Waals surface area contributed by atoms with Crippen LogP contribution in [0.1, 0.15) is 53.8 Å². The van der Waals surface area contributed by atoms with E-state index in [4.69, 9.17) is 0 Å². The van der Waals surface area contributed by atoms with Gasteiger partial charge in [0.05, 0.1) is 11.3 Å². The minimum Gasteiger partial charge on any atom is -0.480 e. The predicted molar refractivity (Wildman–Crippen MR) is 81.9 cm³/mol. The minimum absolute atomic E-state index is 0.0328. The fourth-order valence-electron chi connectivity index (χ4n) is 4.06. The van der Waals surface area contributed by atoms with E-state index in [-0.39, 0.29) is 23.2 Å². The van der Waals surface area contributed by atoms with Gasteiger partial charge in [-0.05, 0) is 44.2 Å². The lowest BCUT2D eigenvalue weighted by molar-refractivity contribution is -0.142. The van der Waals surface area contributed by atoms with Crippen LogP contribution in [0.5, 0.6) is 0 Å². The van der Waals surface area contributed by atoms with Gasteiger partial charge in [0.25, 0.3) is 5.91 Å². The Labute approximate surface area is 142 Å². The van der Waals surface area contributed by atoms with Crippen LogP contribution in [0, 0.1) is 12.8 Å². The summed E-state index contributed by atoms with van der Waals surface area (Å²) < 4.78 is 38.3. The number of aromatic nitrogens is 1. The summed E-state index contributed by atoms with van der Waals surface area (Å²) in [6.07, 6.45) is -0.648. The molecule has 1 amide bonds. The van der Waals surface area contributed by atoms with Crippen molar-refractivity contribution in [2.75, 3.05) is 0 Å². The van der Waals surface area contributed by atoms with Crippen molar-refractivity contribution >= 4 is 11.9 Å². The third-order valence-electron chi connectivity index (χ3n) is 5.21. The van der Waals surface area contributed by atoms with Gasteiger partial charge in [-0.25, -0.2) is 9.78 Å². The Morgan fingerprint density at radius 1 is 1.24 bits per heavy atom. The number of aliphatic carboxylic acids is 1. The average Bonchev–Trinajstić information content (AvgIpc) is 2.93. The summed E-state index contributed by atoms with van der Waals surface area (Å²) in [7, 11) is 0. The number of hydrogen-bond donors (Lipinski definition) is 1. The number of carboxylic acid groups (broad SMARTS) is 1. The van der Waals surface area contributed by atoms with Crippen LogP contribution < -0.4 is 0 Å². The van der Waals surface area contributed by atoms with Gasteiger partial charge in [-0.15, -0.1) is 0 Å². The molecule has 0 bridgehead atoms. The number of rotatable bonds is 2. The molecule has 25 heavy (non-hydrogen) atoms. The molecule has 0 unspecified atom stereocenters. The molecule has 0 spiro atoms. The van der Waals surface area contributed by atoms with Crippen molar-refractivity contribution in [2.24, 2.45) is 5.92 Å². The second-order valence-electron chi connectivity index (χ2n) is 6.74. The van der Waals surface area contributed by atoms with Crippen molar-refractivity contribution in [1.82, 2.24) is 9.88 Å². The van der Waals surface area contributed by atoms with Crippen LogP contribution in [0.2, 0.25) is 0 Å². The Hall–Kier alpha value is -2.12. The van der Waals surface area contributed by atoms with Crippen LogP contribution in [0.15, 0.2) is 12.1 Å². The SMILES string of the molecule is Cc1nc(C(F)(F)F)ccc1C(=O)N1[C@@H]2CCCC[C@@H]2C[C@H]1C(=O)O. The molecule has 2 heterocycles. The zero-order valence-electron chi connectivity index (χ0n) is 13.7. The summed E-state index contributed by atoms with van der Waals surface area (Å²) in [5, 5.41) is 9.49. The summed E-state index contributed by atoms with van der Waals surface area (Å²) in [4.78, 5) is 29.4. The van der Waals surface area contributed by atoms with Gasteiger partial charge in [0.2, 0.25) is 0 Å². The molecular weight excluding hydrogens is 337 g/mol. The van der Waals surface area contributed by atoms with E-state index in [1.54, 1.807) is 0 Å². The number of fused-ring (bicyclic) bond motifs is 1. The molecule has 3 atom stereocenters. The molecule has 1 saturated carbocycles. The van der Waals surface area contributed by atoms with Gasteiger partial charge < -0.3 is 10.0 Å². The molecule has 5 nitrogen and oxygen atoms in total. The van der Waals surface area contributed by atoms with E-state index < -0.39 is 29.8 Å². The zero-order valence-corrected chi connectivity index (χ0v) is 13.7. The van der Waals surface area contributed by atoms with Crippen LogP contribution >= 0.6 is 0 Å². The maximum atomic E-state index is 12.9. The summed E-state index contributed by atoms with van der Waals surface area (Å²) in [6.45, 7) is 1.34. The smallest absolute Gasteiger partial charge is 0.433 e. The summed E-state index contributed by atoms with van der Waals surface area (Å²) >= 11 is 0. The normalized spacial score (nSPS) is 26.4. The molecule has 0 radical (unpaired) electrons. The second-order valence-corrected chi connectivity index (χ2v) is 6.74. The standard InChI is InChI=1S/C17H19F3N2O3/c1-9-11(6-7-14(21-9)17(18,19)20)15(23)22-12-5-3-2-4-10(12)8-13(22)16(24)25/h6-7,10,12-13H,2-5,8H2,1H3,(H,24,25)/t10-,12-,13+/m1/s1. The number of carbonyl (C=O) groups excluding carboxylic acids is 1. The third-order valence-corrected chi connectivity index (χ3v) is 5.21. The number of carboxylic acids is 1. The molecule has 1 aliphatic carbocycles. The average molecular weight is 356 g/mol. The van der Waals surface area contributed by atoms with Crippen molar-refractivity contribution < 1.29 is 27.9 Å². The molecule has 1 saturated heterocycles. The molecule has 0 aromatic carbocycles. The lowest BCUT2D eigenvalue weighted by atomic mass is 9.84. The number of pyridine rings is 1. The number of halogens is 3. The van der Waals surface area contributed by atoms with Crippen LogP contribution in [-0.4, -0.2) is 39.0 Å². The minimum atomic E-state index is -4.59. The molecule has 2 aliphatic rings. The topological polar surface area (TPSA) is 70.5 Å². The summed E-state index contributed by atoms with van der Waals surface area (Å²) in [5.74, 6) is -1.47. The van der Waals surface area contributed by atoms with E-state index in [1.807, 2.05) is 0 Å². The Bertz CT molecular complexity index is 705. The monoisotopic (exact) mass is 356 g/mol. The number of carbonyl (C=O) groups is 2. The number of nitrogens with zero attached hydrogens (tertiary/aromatic N) is 2. The van der Waals surface area contributed by atoms with Crippen LogP contribution in [0.25, 0.3) is 0 Å². The van der Waals surface area contributed by atoms with Crippen LogP contribution in [0.4, 0.5) is 13.2 Å². The van der Waals surface area contributed by atoms with Gasteiger partial charge >= 0.3 is 12.1 Å². The second kappa shape index (κ2) is 6.31. The highest BCUT2D eigenvalue weighted by Gasteiger charge is 2.48. The van der Waals surface area contributed by atoms with Gasteiger partial charge in [0.1, 0.15) is 11.7 Å². The highest BCUT2D eigenvalue weighted by molar-refractivity contribution is 5.98. The molecule has 1 aliphatic heterocycles. The maximum Gasteiger partial charge on any atom is 0.433 e. The highest BCUT2D eigenvalue weighted by atomic mass is 19.4. The van der Waals surface area contributed by atoms with E-state index in [9.17, 15) is 27.9 Å². The Morgan fingerprint density at radius 3 is 2.52 bits per heavy atom. The molecule has 1 N–H and O–H groups in total. The largest absolute Gasteiger partial charge is 0.480 e. The molecule has 1 aromatic rings. The van der Waals surface area contributed by atoms with Gasteiger partial charge in [-0.2, -0.15) is 13.2 Å². The van der Waals surface area contributed by atoms with Crippen molar-refractivity contribution in [3.63, 3.8) is 0 Å². The zero-order chi connectivity index (χ0) is 18.4. The Kier molecular flexibility index (Phi) is 4.47.